The number of benzene rings is 1. The first-order valence-corrected chi connectivity index (χ1v) is 8.79. The van der Waals surface area contributed by atoms with Gasteiger partial charge in [0, 0.05) is 6.54 Å². The SMILES string of the molecule is COc1ccc(C(NC(=O)CN2CCCC(C(=O)O)C2)C(C)C)cc1. The third-order valence-electron chi connectivity index (χ3n) is 4.68. The fourth-order valence-electron chi connectivity index (χ4n) is 3.27. The summed E-state index contributed by atoms with van der Waals surface area (Å²) in [5.41, 5.74) is 1.03. The Balaban J connectivity index is 1.96. The van der Waals surface area contributed by atoms with Gasteiger partial charge in [0.15, 0.2) is 0 Å². The fourth-order valence-corrected chi connectivity index (χ4v) is 3.27. The molecule has 2 atom stereocenters. The van der Waals surface area contributed by atoms with Crippen LogP contribution in [-0.2, 0) is 9.59 Å². The quantitative estimate of drug-likeness (QED) is 0.790. The van der Waals surface area contributed by atoms with Crippen molar-refractivity contribution in [2.75, 3.05) is 26.7 Å². The van der Waals surface area contributed by atoms with E-state index in [0.29, 0.717) is 13.0 Å². The first-order chi connectivity index (χ1) is 11.9. The molecule has 0 bridgehead atoms. The number of methoxy groups -OCH3 is 1. The van der Waals surface area contributed by atoms with Crippen LogP contribution in [0.2, 0.25) is 0 Å². The molecular formula is C19H28N2O4. The van der Waals surface area contributed by atoms with Crippen molar-refractivity contribution >= 4 is 11.9 Å². The van der Waals surface area contributed by atoms with E-state index in [9.17, 15) is 9.59 Å². The highest BCUT2D eigenvalue weighted by Gasteiger charge is 2.27. The Morgan fingerprint density at radius 1 is 1.32 bits per heavy atom. The minimum atomic E-state index is -0.775. The van der Waals surface area contributed by atoms with Crippen LogP contribution in [0.5, 0.6) is 5.75 Å². The number of carbonyl (C=O) groups is 2. The van der Waals surface area contributed by atoms with Gasteiger partial charge in [-0.05, 0) is 43.0 Å². The molecule has 2 unspecified atom stereocenters. The van der Waals surface area contributed by atoms with Crippen LogP contribution in [0.15, 0.2) is 24.3 Å². The Morgan fingerprint density at radius 2 is 2.00 bits per heavy atom. The molecule has 2 rings (SSSR count). The van der Waals surface area contributed by atoms with Crippen LogP contribution in [0.3, 0.4) is 0 Å². The van der Waals surface area contributed by atoms with Gasteiger partial charge in [0.2, 0.25) is 5.91 Å². The first-order valence-electron chi connectivity index (χ1n) is 8.79. The van der Waals surface area contributed by atoms with Crippen molar-refractivity contribution in [1.29, 1.82) is 0 Å². The number of amides is 1. The maximum Gasteiger partial charge on any atom is 0.307 e. The molecule has 0 spiro atoms. The van der Waals surface area contributed by atoms with Crippen molar-refractivity contribution in [3.05, 3.63) is 29.8 Å². The molecule has 1 saturated heterocycles. The van der Waals surface area contributed by atoms with Gasteiger partial charge < -0.3 is 15.2 Å². The maximum atomic E-state index is 12.5. The van der Waals surface area contributed by atoms with Crippen molar-refractivity contribution in [2.24, 2.45) is 11.8 Å². The Kier molecular flexibility index (Phi) is 6.82. The largest absolute Gasteiger partial charge is 0.497 e. The van der Waals surface area contributed by atoms with E-state index in [4.69, 9.17) is 9.84 Å². The second-order valence-electron chi connectivity index (χ2n) is 6.97. The number of nitrogens with one attached hydrogen (secondary N) is 1. The molecule has 1 fully saturated rings. The second kappa shape index (κ2) is 8.85. The van der Waals surface area contributed by atoms with E-state index < -0.39 is 5.97 Å². The molecule has 138 valence electrons. The van der Waals surface area contributed by atoms with Crippen LogP contribution < -0.4 is 10.1 Å². The predicted octanol–water partition coefficient (Wildman–Crippen LogP) is 2.31. The number of nitrogens with zero attached hydrogens (tertiary/aromatic N) is 1. The zero-order chi connectivity index (χ0) is 18.4. The van der Waals surface area contributed by atoms with E-state index in [0.717, 1.165) is 24.3 Å². The van der Waals surface area contributed by atoms with Crippen LogP contribution in [0, 0.1) is 11.8 Å². The summed E-state index contributed by atoms with van der Waals surface area (Å²) in [7, 11) is 1.62. The van der Waals surface area contributed by atoms with Gasteiger partial charge in [-0.3, -0.25) is 14.5 Å². The minimum absolute atomic E-state index is 0.0689. The van der Waals surface area contributed by atoms with Gasteiger partial charge in [0.25, 0.3) is 0 Å². The van der Waals surface area contributed by atoms with Crippen molar-refractivity contribution in [3.63, 3.8) is 0 Å². The highest BCUT2D eigenvalue weighted by Crippen LogP contribution is 2.24. The standard InChI is InChI=1S/C19H28N2O4/c1-13(2)18(14-6-8-16(25-3)9-7-14)20-17(22)12-21-10-4-5-15(11-21)19(23)24/h6-9,13,15,18H,4-5,10-12H2,1-3H3,(H,20,22)(H,23,24). The molecular weight excluding hydrogens is 320 g/mol. The lowest BCUT2D eigenvalue weighted by Gasteiger charge is -2.31. The summed E-state index contributed by atoms with van der Waals surface area (Å²) in [6.07, 6.45) is 1.50. The van der Waals surface area contributed by atoms with E-state index >= 15 is 0 Å². The van der Waals surface area contributed by atoms with E-state index in [1.165, 1.54) is 0 Å². The van der Waals surface area contributed by atoms with Crippen LogP contribution in [0.25, 0.3) is 0 Å². The Bertz CT molecular complexity index is 586. The highest BCUT2D eigenvalue weighted by molar-refractivity contribution is 5.78. The van der Waals surface area contributed by atoms with Crippen LogP contribution in [0.4, 0.5) is 0 Å². The van der Waals surface area contributed by atoms with E-state index in [1.54, 1.807) is 7.11 Å². The normalized spacial score (nSPS) is 19.4. The molecule has 1 aromatic carbocycles. The number of carboxylic acid groups (broad SMARTS) is 1. The number of carbonyl (C=O) groups excluding carboxylic acids is 1. The van der Waals surface area contributed by atoms with Gasteiger partial charge in [0.05, 0.1) is 25.6 Å². The zero-order valence-electron chi connectivity index (χ0n) is 15.2. The Hall–Kier alpha value is -2.08. The van der Waals surface area contributed by atoms with Gasteiger partial charge in [-0.2, -0.15) is 0 Å². The zero-order valence-corrected chi connectivity index (χ0v) is 15.2. The topological polar surface area (TPSA) is 78.9 Å². The van der Waals surface area contributed by atoms with E-state index in [2.05, 4.69) is 19.2 Å². The molecule has 0 saturated carbocycles. The first kappa shape index (κ1) is 19.2. The third-order valence-corrected chi connectivity index (χ3v) is 4.68. The number of hydrogen-bond donors (Lipinski definition) is 2. The average Bonchev–Trinajstić information content (AvgIpc) is 2.60. The average molecular weight is 348 g/mol. The van der Waals surface area contributed by atoms with Crippen LogP contribution in [-0.4, -0.2) is 48.6 Å². The molecule has 0 radical (unpaired) electrons. The number of hydrogen-bond acceptors (Lipinski definition) is 4. The van der Waals surface area contributed by atoms with Crippen LogP contribution in [0.1, 0.15) is 38.3 Å². The number of rotatable bonds is 7. The number of ether oxygens (including phenoxy) is 1. The van der Waals surface area contributed by atoms with E-state index in [-0.39, 0.29) is 30.3 Å². The molecule has 6 heteroatoms. The van der Waals surface area contributed by atoms with E-state index in [1.807, 2.05) is 29.2 Å². The lowest BCUT2D eigenvalue weighted by molar-refractivity contribution is -0.144. The summed E-state index contributed by atoms with van der Waals surface area (Å²) >= 11 is 0. The lowest BCUT2D eigenvalue weighted by Crippen LogP contribution is -2.45. The van der Waals surface area contributed by atoms with Gasteiger partial charge in [0.1, 0.15) is 5.75 Å². The second-order valence-corrected chi connectivity index (χ2v) is 6.97. The molecule has 2 N–H and O–H groups in total. The van der Waals surface area contributed by atoms with Gasteiger partial charge in [-0.15, -0.1) is 0 Å². The summed E-state index contributed by atoms with van der Waals surface area (Å²) in [6, 6.07) is 7.62. The summed E-state index contributed by atoms with van der Waals surface area (Å²) in [6.45, 7) is 5.58. The predicted molar refractivity (Wildman–Crippen MR) is 95.5 cm³/mol. The summed E-state index contributed by atoms with van der Waals surface area (Å²) < 4.78 is 5.18. The number of aliphatic carboxylic acids is 1. The Morgan fingerprint density at radius 3 is 2.56 bits per heavy atom. The minimum Gasteiger partial charge on any atom is -0.497 e. The third kappa shape index (κ3) is 5.46. The van der Waals surface area contributed by atoms with Gasteiger partial charge >= 0.3 is 5.97 Å². The molecule has 25 heavy (non-hydrogen) atoms. The number of piperidine rings is 1. The summed E-state index contributed by atoms with van der Waals surface area (Å²) in [5, 5.41) is 12.3. The smallest absolute Gasteiger partial charge is 0.307 e. The molecule has 0 aliphatic carbocycles. The molecule has 6 nitrogen and oxygen atoms in total. The monoisotopic (exact) mass is 348 g/mol. The molecule has 0 aromatic heterocycles. The van der Waals surface area contributed by atoms with Gasteiger partial charge in [-0.25, -0.2) is 0 Å². The Labute approximate surface area is 149 Å². The highest BCUT2D eigenvalue weighted by atomic mass is 16.5. The van der Waals surface area contributed by atoms with Crippen molar-refractivity contribution in [1.82, 2.24) is 10.2 Å². The molecule has 1 aliphatic rings. The van der Waals surface area contributed by atoms with Crippen LogP contribution >= 0.6 is 0 Å². The maximum absolute atomic E-state index is 12.5. The molecule has 1 aromatic rings. The lowest BCUT2D eigenvalue weighted by atomic mass is 9.95. The van der Waals surface area contributed by atoms with Crippen molar-refractivity contribution in [2.45, 2.75) is 32.7 Å². The number of likely N-dealkylation sites (tertiary alicyclic amines) is 1. The molecule has 1 heterocycles. The number of carboxylic acids is 1. The van der Waals surface area contributed by atoms with Crippen molar-refractivity contribution < 1.29 is 19.4 Å². The van der Waals surface area contributed by atoms with Crippen molar-refractivity contribution in [3.8, 4) is 5.75 Å². The summed E-state index contributed by atoms with van der Waals surface area (Å²) in [4.78, 5) is 25.6. The van der Waals surface area contributed by atoms with Gasteiger partial charge in [-0.1, -0.05) is 26.0 Å². The molecule has 1 amide bonds. The molecule has 1 aliphatic heterocycles. The fraction of sp³-hybridized carbons (Fsp3) is 0.579. The summed E-state index contributed by atoms with van der Waals surface area (Å²) in [5.74, 6) is -0.191.